The SMILES string of the molecule is Cc1noc(C)c1CC(=O)N1CC(N)C1. The van der Waals surface area contributed by atoms with Crippen LogP contribution < -0.4 is 5.73 Å². The molecule has 2 rings (SSSR count). The number of aryl methyl sites for hydroxylation is 2. The Morgan fingerprint density at radius 3 is 2.73 bits per heavy atom. The molecular formula is C10H15N3O2. The van der Waals surface area contributed by atoms with Gasteiger partial charge in [-0.25, -0.2) is 0 Å². The monoisotopic (exact) mass is 209 g/mol. The zero-order valence-electron chi connectivity index (χ0n) is 8.99. The number of hydrogen-bond donors (Lipinski definition) is 1. The van der Waals surface area contributed by atoms with Crippen LogP contribution in [0.2, 0.25) is 0 Å². The van der Waals surface area contributed by atoms with Gasteiger partial charge in [0.15, 0.2) is 0 Å². The van der Waals surface area contributed by atoms with Gasteiger partial charge >= 0.3 is 0 Å². The first-order valence-electron chi connectivity index (χ1n) is 5.03. The quantitative estimate of drug-likeness (QED) is 0.744. The summed E-state index contributed by atoms with van der Waals surface area (Å²) in [4.78, 5) is 13.5. The van der Waals surface area contributed by atoms with Crippen LogP contribution in [0.3, 0.4) is 0 Å². The summed E-state index contributed by atoms with van der Waals surface area (Å²) in [6, 6.07) is 0.151. The van der Waals surface area contributed by atoms with E-state index in [-0.39, 0.29) is 11.9 Å². The summed E-state index contributed by atoms with van der Waals surface area (Å²) in [5.74, 6) is 0.830. The first-order chi connectivity index (χ1) is 7.08. The fraction of sp³-hybridized carbons (Fsp3) is 0.600. The fourth-order valence-corrected chi connectivity index (χ4v) is 1.73. The highest BCUT2D eigenvalue weighted by Gasteiger charge is 2.28. The molecule has 1 aliphatic rings. The topological polar surface area (TPSA) is 72.4 Å². The van der Waals surface area contributed by atoms with E-state index >= 15 is 0 Å². The third-order valence-corrected chi connectivity index (χ3v) is 2.77. The number of nitrogens with two attached hydrogens (primary N) is 1. The van der Waals surface area contributed by atoms with Crippen LogP contribution in [0.5, 0.6) is 0 Å². The second kappa shape index (κ2) is 3.66. The minimum atomic E-state index is 0.103. The van der Waals surface area contributed by atoms with Crippen molar-refractivity contribution in [2.24, 2.45) is 5.73 Å². The number of nitrogens with zero attached hydrogens (tertiary/aromatic N) is 2. The molecule has 82 valence electrons. The second-order valence-electron chi connectivity index (χ2n) is 4.04. The van der Waals surface area contributed by atoms with Gasteiger partial charge in [0.1, 0.15) is 5.76 Å². The molecule has 0 saturated carbocycles. The smallest absolute Gasteiger partial charge is 0.227 e. The van der Waals surface area contributed by atoms with E-state index in [1.807, 2.05) is 13.8 Å². The summed E-state index contributed by atoms with van der Waals surface area (Å²) in [6.07, 6.45) is 0.369. The maximum absolute atomic E-state index is 11.7. The number of amides is 1. The standard InChI is InChI=1S/C10H15N3O2/c1-6-9(7(2)15-12-6)3-10(14)13-4-8(11)5-13/h8H,3-5,11H2,1-2H3. The lowest BCUT2D eigenvalue weighted by Crippen LogP contribution is -2.58. The summed E-state index contributed by atoms with van der Waals surface area (Å²) in [5.41, 5.74) is 7.32. The highest BCUT2D eigenvalue weighted by molar-refractivity contribution is 5.80. The maximum Gasteiger partial charge on any atom is 0.227 e. The Kier molecular flexibility index (Phi) is 2.48. The van der Waals surface area contributed by atoms with Gasteiger partial charge in [-0.15, -0.1) is 0 Å². The first-order valence-corrected chi connectivity index (χ1v) is 5.03. The van der Waals surface area contributed by atoms with Crippen LogP contribution >= 0.6 is 0 Å². The first kappa shape index (κ1) is 10.2. The maximum atomic E-state index is 11.7. The molecule has 0 aromatic carbocycles. The lowest BCUT2D eigenvalue weighted by molar-refractivity contribution is -0.134. The van der Waals surface area contributed by atoms with Gasteiger partial charge in [-0.3, -0.25) is 4.79 Å². The number of aromatic nitrogens is 1. The third kappa shape index (κ3) is 1.87. The normalized spacial score (nSPS) is 16.6. The molecule has 5 heteroatoms. The molecule has 1 saturated heterocycles. The molecule has 0 radical (unpaired) electrons. The van der Waals surface area contributed by atoms with Crippen LogP contribution in [-0.2, 0) is 11.2 Å². The Morgan fingerprint density at radius 2 is 2.27 bits per heavy atom. The molecule has 1 aromatic rings. The minimum absolute atomic E-state index is 0.103. The highest BCUT2D eigenvalue weighted by atomic mass is 16.5. The Balaban J connectivity index is 2.00. The van der Waals surface area contributed by atoms with Crippen molar-refractivity contribution < 1.29 is 9.32 Å². The van der Waals surface area contributed by atoms with Crippen molar-refractivity contribution in [2.45, 2.75) is 26.3 Å². The molecule has 1 aromatic heterocycles. The van der Waals surface area contributed by atoms with Gasteiger partial charge in [0, 0.05) is 24.7 Å². The van der Waals surface area contributed by atoms with Gasteiger partial charge in [0.25, 0.3) is 0 Å². The molecule has 2 heterocycles. The molecule has 1 amide bonds. The van der Waals surface area contributed by atoms with Gasteiger partial charge in [0.05, 0.1) is 12.1 Å². The highest BCUT2D eigenvalue weighted by Crippen LogP contribution is 2.15. The number of hydrogen-bond acceptors (Lipinski definition) is 4. The van der Waals surface area contributed by atoms with Gasteiger partial charge in [-0.2, -0.15) is 0 Å². The summed E-state index contributed by atoms with van der Waals surface area (Å²) in [5, 5.41) is 3.82. The van der Waals surface area contributed by atoms with Crippen LogP contribution in [0.25, 0.3) is 0 Å². The van der Waals surface area contributed by atoms with E-state index in [1.165, 1.54) is 0 Å². The molecule has 5 nitrogen and oxygen atoms in total. The average molecular weight is 209 g/mol. The van der Waals surface area contributed by atoms with Crippen LogP contribution in [0.4, 0.5) is 0 Å². The van der Waals surface area contributed by atoms with E-state index in [0.717, 1.165) is 17.0 Å². The molecule has 1 aliphatic heterocycles. The van der Waals surface area contributed by atoms with E-state index in [2.05, 4.69) is 5.16 Å². The second-order valence-corrected chi connectivity index (χ2v) is 4.04. The molecular weight excluding hydrogens is 194 g/mol. The number of likely N-dealkylation sites (tertiary alicyclic amines) is 1. The number of carbonyl (C=O) groups excluding carboxylic acids is 1. The van der Waals surface area contributed by atoms with E-state index < -0.39 is 0 Å². The Hall–Kier alpha value is -1.36. The average Bonchev–Trinajstić information content (AvgIpc) is 2.44. The lowest BCUT2D eigenvalue weighted by Gasteiger charge is -2.36. The molecule has 0 spiro atoms. The van der Waals surface area contributed by atoms with Crippen molar-refractivity contribution >= 4 is 5.91 Å². The van der Waals surface area contributed by atoms with Gasteiger partial charge in [0.2, 0.25) is 5.91 Å². The molecule has 0 unspecified atom stereocenters. The van der Waals surface area contributed by atoms with Gasteiger partial charge < -0.3 is 15.2 Å². The number of rotatable bonds is 2. The predicted molar refractivity (Wildman–Crippen MR) is 54.2 cm³/mol. The van der Waals surface area contributed by atoms with Crippen molar-refractivity contribution in [2.75, 3.05) is 13.1 Å². The van der Waals surface area contributed by atoms with E-state index in [9.17, 15) is 4.79 Å². The van der Waals surface area contributed by atoms with Gasteiger partial charge in [-0.05, 0) is 13.8 Å². The molecule has 0 aliphatic carbocycles. The molecule has 2 N–H and O–H groups in total. The van der Waals surface area contributed by atoms with E-state index in [0.29, 0.717) is 19.5 Å². The van der Waals surface area contributed by atoms with E-state index in [1.54, 1.807) is 4.90 Å². The molecule has 0 bridgehead atoms. The summed E-state index contributed by atoms with van der Waals surface area (Å²) in [7, 11) is 0. The van der Waals surface area contributed by atoms with Crippen LogP contribution in [0.15, 0.2) is 4.52 Å². The largest absolute Gasteiger partial charge is 0.361 e. The van der Waals surface area contributed by atoms with Gasteiger partial charge in [-0.1, -0.05) is 5.16 Å². The summed E-state index contributed by atoms with van der Waals surface area (Å²) < 4.78 is 5.00. The Labute approximate surface area is 88.2 Å². The summed E-state index contributed by atoms with van der Waals surface area (Å²) in [6.45, 7) is 5.01. The molecule has 1 fully saturated rings. The van der Waals surface area contributed by atoms with Crippen molar-refractivity contribution in [3.63, 3.8) is 0 Å². The lowest BCUT2D eigenvalue weighted by atomic mass is 10.1. The molecule has 15 heavy (non-hydrogen) atoms. The zero-order valence-corrected chi connectivity index (χ0v) is 8.99. The summed E-state index contributed by atoms with van der Waals surface area (Å²) >= 11 is 0. The number of carbonyl (C=O) groups is 1. The van der Waals surface area contributed by atoms with E-state index in [4.69, 9.17) is 10.3 Å². The van der Waals surface area contributed by atoms with Crippen molar-refractivity contribution in [3.05, 3.63) is 17.0 Å². The van der Waals surface area contributed by atoms with Crippen molar-refractivity contribution in [3.8, 4) is 0 Å². The third-order valence-electron chi connectivity index (χ3n) is 2.77. The van der Waals surface area contributed by atoms with Crippen molar-refractivity contribution in [1.29, 1.82) is 0 Å². The fourth-order valence-electron chi connectivity index (χ4n) is 1.73. The Bertz CT molecular complexity index is 361. The predicted octanol–water partition coefficient (Wildman–Crippen LogP) is 0.00344. The molecule has 0 atom stereocenters. The Morgan fingerprint density at radius 1 is 1.60 bits per heavy atom. The minimum Gasteiger partial charge on any atom is -0.361 e. The van der Waals surface area contributed by atoms with Crippen molar-refractivity contribution in [1.82, 2.24) is 10.1 Å². The van der Waals surface area contributed by atoms with Crippen LogP contribution in [0.1, 0.15) is 17.0 Å². The van der Waals surface area contributed by atoms with Crippen LogP contribution in [0, 0.1) is 13.8 Å². The van der Waals surface area contributed by atoms with Crippen LogP contribution in [-0.4, -0.2) is 35.1 Å². The zero-order chi connectivity index (χ0) is 11.0.